The Bertz CT molecular complexity index is 388. The predicted octanol–water partition coefficient (Wildman–Crippen LogP) is 4.09. The molecule has 1 saturated carbocycles. The van der Waals surface area contributed by atoms with E-state index in [4.69, 9.17) is 23.2 Å². The lowest BCUT2D eigenvalue weighted by atomic mass is 9.87. The van der Waals surface area contributed by atoms with E-state index < -0.39 is 5.60 Å². The van der Waals surface area contributed by atoms with Crippen LogP contribution in [0.5, 0.6) is 0 Å². The van der Waals surface area contributed by atoms with Crippen LogP contribution in [0, 0.1) is 5.92 Å². The highest BCUT2D eigenvalue weighted by Gasteiger charge is 2.42. The maximum Gasteiger partial charge on any atom is 0.0713 e. The monoisotopic (exact) mass is 258 g/mol. The number of hydrogen-bond donors (Lipinski definition) is 1. The van der Waals surface area contributed by atoms with Gasteiger partial charge in [0, 0.05) is 16.5 Å². The Morgan fingerprint density at radius 1 is 1.38 bits per heavy atom. The van der Waals surface area contributed by atoms with Crippen molar-refractivity contribution in [2.75, 3.05) is 0 Å². The van der Waals surface area contributed by atoms with E-state index in [-0.39, 0.29) is 0 Å². The molecule has 3 heteroatoms. The lowest BCUT2D eigenvalue weighted by Gasteiger charge is -2.27. The second kappa shape index (κ2) is 4.56. The summed E-state index contributed by atoms with van der Waals surface area (Å²) < 4.78 is 0. The molecule has 0 radical (unpaired) electrons. The lowest BCUT2D eigenvalue weighted by molar-refractivity contribution is 0.0139. The van der Waals surface area contributed by atoms with Gasteiger partial charge in [-0.15, -0.1) is 0 Å². The zero-order valence-electron chi connectivity index (χ0n) is 9.34. The standard InChI is InChI=1S/C13H16Cl2O/c1-2-13(16,10-4-5-10)8-9-3-6-11(14)7-12(9)15/h3,6-7,10,16H,2,4-5,8H2,1H3. The average molecular weight is 259 g/mol. The number of hydrogen-bond acceptors (Lipinski definition) is 1. The van der Waals surface area contributed by atoms with Crippen molar-refractivity contribution in [3.63, 3.8) is 0 Å². The average Bonchev–Trinajstić information content (AvgIpc) is 3.06. The van der Waals surface area contributed by atoms with E-state index in [1.165, 1.54) is 0 Å². The predicted molar refractivity (Wildman–Crippen MR) is 68.1 cm³/mol. The summed E-state index contributed by atoms with van der Waals surface area (Å²) in [5.41, 5.74) is 0.402. The van der Waals surface area contributed by atoms with Crippen molar-refractivity contribution >= 4 is 23.2 Å². The second-order valence-corrected chi connectivity index (χ2v) is 5.49. The fourth-order valence-corrected chi connectivity index (χ4v) is 2.65. The first-order valence-electron chi connectivity index (χ1n) is 5.71. The first-order valence-corrected chi connectivity index (χ1v) is 6.47. The van der Waals surface area contributed by atoms with Gasteiger partial charge in [-0.2, -0.15) is 0 Å². The molecule has 0 aliphatic heterocycles. The highest BCUT2D eigenvalue weighted by atomic mass is 35.5. The summed E-state index contributed by atoms with van der Waals surface area (Å²) >= 11 is 12.0. The van der Waals surface area contributed by atoms with Crippen LogP contribution in [-0.4, -0.2) is 10.7 Å². The van der Waals surface area contributed by atoms with E-state index in [2.05, 4.69) is 0 Å². The Hall–Kier alpha value is -0.240. The van der Waals surface area contributed by atoms with Crippen molar-refractivity contribution in [1.29, 1.82) is 0 Å². The molecule has 88 valence electrons. The highest BCUT2D eigenvalue weighted by Crippen LogP contribution is 2.44. The van der Waals surface area contributed by atoms with Crippen LogP contribution in [-0.2, 0) is 6.42 Å². The van der Waals surface area contributed by atoms with Crippen LogP contribution in [0.3, 0.4) is 0 Å². The lowest BCUT2D eigenvalue weighted by Crippen LogP contribution is -2.33. The topological polar surface area (TPSA) is 20.2 Å². The van der Waals surface area contributed by atoms with Crippen molar-refractivity contribution in [2.24, 2.45) is 5.92 Å². The van der Waals surface area contributed by atoms with Crippen molar-refractivity contribution in [3.05, 3.63) is 33.8 Å². The van der Waals surface area contributed by atoms with Gasteiger partial charge in [-0.3, -0.25) is 0 Å². The molecule has 1 nitrogen and oxygen atoms in total. The maximum atomic E-state index is 10.5. The third-order valence-corrected chi connectivity index (χ3v) is 4.05. The Balaban J connectivity index is 2.18. The van der Waals surface area contributed by atoms with Gasteiger partial charge in [-0.25, -0.2) is 0 Å². The summed E-state index contributed by atoms with van der Waals surface area (Å²) in [6.45, 7) is 2.03. The minimum atomic E-state index is -0.586. The molecule has 0 spiro atoms. The SMILES string of the molecule is CCC(O)(Cc1ccc(Cl)cc1Cl)C1CC1. The summed E-state index contributed by atoms with van der Waals surface area (Å²) in [4.78, 5) is 0. The summed E-state index contributed by atoms with van der Waals surface area (Å²) in [7, 11) is 0. The van der Waals surface area contributed by atoms with Crippen LogP contribution in [0.1, 0.15) is 31.7 Å². The molecule has 16 heavy (non-hydrogen) atoms. The number of benzene rings is 1. The number of rotatable bonds is 4. The number of halogens is 2. The summed E-state index contributed by atoms with van der Waals surface area (Å²) in [5, 5.41) is 11.8. The van der Waals surface area contributed by atoms with Crippen LogP contribution in [0.25, 0.3) is 0 Å². The van der Waals surface area contributed by atoms with Crippen molar-refractivity contribution in [1.82, 2.24) is 0 Å². The van der Waals surface area contributed by atoms with Crippen LogP contribution < -0.4 is 0 Å². The molecule has 0 amide bonds. The Labute approximate surface area is 106 Å². The van der Waals surface area contributed by atoms with E-state index in [0.717, 1.165) is 24.8 Å². The van der Waals surface area contributed by atoms with Gasteiger partial charge in [0.25, 0.3) is 0 Å². The molecule has 1 aromatic carbocycles. The molecule has 1 N–H and O–H groups in total. The molecule has 2 rings (SSSR count). The molecule has 0 heterocycles. The van der Waals surface area contributed by atoms with E-state index in [0.29, 0.717) is 22.4 Å². The van der Waals surface area contributed by atoms with Gasteiger partial charge in [0.2, 0.25) is 0 Å². The molecule has 1 unspecified atom stereocenters. The largest absolute Gasteiger partial charge is 0.389 e. The van der Waals surface area contributed by atoms with Gasteiger partial charge < -0.3 is 5.11 Å². The van der Waals surface area contributed by atoms with E-state index in [9.17, 15) is 5.11 Å². The van der Waals surface area contributed by atoms with Gasteiger partial charge in [0.1, 0.15) is 0 Å². The zero-order valence-corrected chi connectivity index (χ0v) is 10.9. The summed E-state index contributed by atoms with van der Waals surface area (Å²) in [5.74, 6) is 0.448. The molecule has 1 aromatic rings. The molecular formula is C13H16Cl2O. The second-order valence-electron chi connectivity index (χ2n) is 4.64. The minimum Gasteiger partial charge on any atom is -0.389 e. The molecule has 1 fully saturated rings. The third-order valence-electron chi connectivity index (χ3n) is 3.46. The van der Waals surface area contributed by atoms with E-state index in [1.54, 1.807) is 6.07 Å². The zero-order chi connectivity index (χ0) is 11.8. The summed E-state index contributed by atoms with van der Waals surface area (Å²) in [6, 6.07) is 5.47. The van der Waals surface area contributed by atoms with Gasteiger partial charge in [0.05, 0.1) is 5.60 Å². The Kier molecular flexibility index (Phi) is 3.48. The quantitative estimate of drug-likeness (QED) is 0.863. The fraction of sp³-hybridized carbons (Fsp3) is 0.538. The fourth-order valence-electron chi connectivity index (χ4n) is 2.17. The number of aliphatic hydroxyl groups is 1. The van der Waals surface area contributed by atoms with Crippen molar-refractivity contribution in [3.8, 4) is 0 Å². The first kappa shape index (κ1) is 12.2. The van der Waals surface area contributed by atoms with Gasteiger partial charge >= 0.3 is 0 Å². The molecular weight excluding hydrogens is 243 g/mol. The third kappa shape index (κ3) is 2.53. The Morgan fingerprint density at radius 3 is 2.56 bits per heavy atom. The highest BCUT2D eigenvalue weighted by molar-refractivity contribution is 6.35. The smallest absolute Gasteiger partial charge is 0.0713 e. The van der Waals surface area contributed by atoms with E-state index in [1.807, 2.05) is 19.1 Å². The van der Waals surface area contributed by atoms with E-state index >= 15 is 0 Å². The molecule has 1 aliphatic carbocycles. The van der Waals surface area contributed by atoms with Crippen molar-refractivity contribution < 1.29 is 5.11 Å². The molecule has 1 aliphatic rings. The first-order chi connectivity index (χ1) is 7.55. The molecule has 1 atom stereocenters. The Morgan fingerprint density at radius 2 is 2.06 bits per heavy atom. The van der Waals surface area contributed by atoms with Crippen LogP contribution >= 0.6 is 23.2 Å². The maximum absolute atomic E-state index is 10.5. The van der Waals surface area contributed by atoms with Crippen LogP contribution in [0.15, 0.2) is 18.2 Å². The molecule has 0 bridgehead atoms. The van der Waals surface area contributed by atoms with Gasteiger partial charge in [-0.05, 0) is 42.9 Å². The van der Waals surface area contributed by atoms with Gasteiger partial charge in [0.15, 0.2) is 0 Å². The molecule has 0 aromatic heterocycles. The van der Waals surface area contributed by atoms with Crippen LogP contribution in [0.4, 0.5) is 0 Å². The van der Waals surface area contributed by atoms with Gasteiger partial charge in [-0.1, -0.05) is 36.2 Å². The normalized spacial score (nSPS) is 19.5. The summed E-state index contributed by atoms with van der Waals surface area (Å²) in [6.07, 6.45) is 3.67. The van der Waals surface area contributed by atoms with Crippen molar-refractivity contribution in [2.45, 2.75) is 38.2 Å². The molecule has 0 saturated heterocycles. The van der Waals surface area contributed by atoms with Crippen LogP contribution in [0.2, 0.25) is 10.0 Å². The minimum absolute atomic E-state index is 0.448.